The predicted octanol–water partition coefficient (Wildman–Crippen LogP) is 5.12. The Morgan fingerprint density at radius 3 is 2.47 bits per heavy atom. The molecule has 0 unspecified atom stereocenters. The smallest absolute Gasteiger partial charge is 0.313 e. The minimum absolute atomic E-state index is 0.0448. The number of rotatable bonds is 15. The van der Waals surface area contributed by atoms with Crippen LogP contribution in [0.1, 0.15) is 51.2 Å². The second kappa shape index (κ2) is 15.2. The second-order valence-corrected chi connectivity index (χ2v) is 14.0. The van der Waals surface area contributed by atoms with Crippen LogP contribution in [-0.4, -0.2) is 77.2 Å². The maximum Gasteiger partial charge on any atom is 0.313 e. The fraction of sp³-hybridized carbons (Fsp3) is 0.415. The van der Waals surface area contributed by atoms with Crippen molar-refractivity contribution in [3.05, 3.63) is 104 Å². The maximum atomic E-state index is 15.0. The molecule has 3 aromatic carbocycles. The van der Waals surface area contributed by atoms with Gasteiger partial charge >= 0.3 is 5.97 Å². The Balaban J connectivity index is 1.35. The summed E-state index contributed by atoms with van der Waals surface area (Å²) in [6, 6.07) is 21.0. The molecule has 2 bridgehead atoms. The van der Waals surface area contributed by atoms with Crippen molar-refractivity contribution in [2.75, 3.05) is 24.6 Å². The van der Waals surface area contributed by atoms with Crippen LogP contribution in [0.4, 0.5) is 5.69 Å². The number of hydrogen-bond donors (Lipinski definition) is 2. The van der Waals surface area contributed by atoms with Gasteiger partial charge in [0.15, 0.2) is 0 Å². The molecule has 3 aromatic rings. The van der Waals surface area contributed by atoms with Crippen molar-refractivity contribution in [1.82, 2.24) is 10.2 Å². The van der Waals surface area contributed by atoms with Crippen LogP contribution in [0.5, 0.6) is 0 Å². The van der Waals surface area contributed by atoms with Crippen LogP contribution in [0, 0.1) is 17.8 Å². The van der Waals surface area contributed by atoms with E-state index in [0.29, 0.717) is 30.5 Å². The van der Waals surface area contributed by atoms with E-state index in [1.807, 2.05) is 86.6 Å². The summed E-state index contributed by atoms with van der Waals surface area (Å²) in [7, 11) is 0. The molecule has 10 heteroatoms. The average Bonchev–Trinajstić information content (AvgIpc) is 3.79. The number of nitrogens with zero attached hydrogens (tertiary/aromatic N) is 2. The monoisotopic (exact) mass is 693 g/mol. The van der Waals surface area contributed by atoms with Gasteiger partial charge < -0.3 is 29.7 Å². The van der Waals surface area contributed by atoms with E-state index < -0.39 is 53.6 Å². The third kappa shape index (κ3) is 6.70. The van der Waals surface area contributed by atoms with Crippen LogP contribution < -0.4 is 10.2 Å². The molecule has 3 saturated heterocycles. The van der Waals surface area contributed by atoms with E-state index in [9.17, 15) is 19.5 Å². The molecule has 268 valence electrons. The number of aliphatic hydroxyl groups excluding tert-OH is 1. The van der Waals surface area contributed by atoms with Gasteiger partial charge in [-0.25, -0.2) is 0 Å². The number of carbonyl (C=O) groups is 4. The molecule has 1 spiro atoms. The summed E-state index contributed by atoms with van der Waals surface area (Å²) >= 11 is 0. The first-order valence-corrected chi connectivity index (χ1v) is 17.8. The molecule has 0 aliphatic carbocycles. The zero-order valence-electron chi connectivity index (χ0n) is 29.3. The summed E-state index contributed by atoms with van der Waals surface area (Å²) in [5, 5.41) is 15.5. The van der Waals surface area contributed by atoms with Gasteiger partial charge in [-0.2, -0.15) is 0 Å². The van der Waals surface area contributed by atoms with Crippen LogP contribution in [0.25, 0.3) is 10.8 Å². The van der Waals surface area contributed by atoms with Gasteiger partial charge in [-0.1, -0.05) is 86.7 Å². The van der Waals surface area contributed by atoms with Crippen molar-refractivity contribution < 1.29 is 33.8 Å². The molecule has 2 N–H and O–H groups in total. The Kier molecular flexibility index (Phi) is 10.7. The summed E-state index contributed by atoms with van der Waals surface area (Å²) in [4.78, 5) is 59.7. The maximum absolute atomic E-state index is 15.0. The van der Waals surface area contributed by atoms with Crippen LogP contribution in [0.2, 0.25) is 0 Å². The summed E-state index contributed by atoms with van der Waals surface area (Å²) in [6.07, 6.45) is 3.47. The zero-order chi connectivity index (χ0) is 36.3. The van der Waals surface area contributed by atoms with Crippen molar-refractivity contribution in [3.8, 4) is 0 Å². The number of hydrogen-bond acceptors (Lipinski definition) is 7. The molecule has 0 aromatic heterocycles. The highest BCUT2D eigenvalue weighted by molar-refractivity contribution is 6.05. The lowest BCUT2D eigenvalue weighted by atomic mass is 9.70. The van der Waals surface area contributed by atoms with E-state index in [2.05, 4.69) is 18.5 Å². The van der Waals surface area contributed by atoms with E-state index >= 15 is 4.79 Å². The standard InChI is InChI=1S/C41H47N3O7/c1-5-7-17-34(46)42-24-33(28-14-9-8-10-15-28)50-40(49)35-32-20-21-41(51-32)36(35)38(47)44(31(25-45)26(3)4)37(41)39(48)43(22-6-2)30-19-18-27-13-11-12-16-29(27)23-30/h5-6,8-16,18-19,23,26,31-33,35-37,45H,1-2,7,17,20-22,24-25H2,3-4H3,(H,42,46)/t31-,32+,33+,35-,36-,37+,41-/m0/s1. The first kappa shape index (κ1) is 36.0. The van der Waals surface area contributed by atoms with E-state index in [1.165, 1.54) is 4.90 Å². The molecule has 0 saturated carbocycles. The predicted molar refractivity (Wildman–Crippen MR) is 194 cm³/mol. The third-order valence-corrected chi connectivity index (χ3v) is 10.7. The van der Waals surface area contributed by atoms with Gasteiger partial charge in [0.1, 0.15) is 17.7 Å². The number of likely N-dealkylation sites (tertiary alicyclic amines) is 1. The Morgan fingerprint density at radius 1 is 1.06 bits per heavy atom. The van der Waals surface area contributed by atoms with Crippen molar-refractivity contribution in [2.24, 2.45) is 17.8 Å². The highest BCUT2D eigenvalue weighted by Gasteiger charge is 2.76. The number of aliphatic hydroxyl groups is 1. The number of carbonyl (C=O) groups excluding carboxylic acids is 4. The normalized spacial score (nSPS) is 24.6. The van der Waals surface area contributed by atoms with Crippen molar-refractivity contribution in [3.63, 3.8) is 0 Å². The van der Waals surface area contributed by atoms with Crippen molar-refractivity contribution >= 4 is 40.2 Å². The number of ether oxygens (including phenoxy) is 2. The van der Waals surface area contributed by atoms with Crippen LogP contribution >= 0.6 is 0 Å². The first-order valence-electron chi connectivity index (χ1n) is 17.8. The third-order valence-electron chi connectivity index (χ3n) is 10.7. The fourth-order valence-electron chi connectivity index (χ4n) is 8.20. The number of benzene rings is 3. The molecule has 3 aliphatic heterocycles. The van der Waals surface area contributed by atoms with Crippen molar-refractivity contribution in [1.29, 1.82) is 0 Å². The lowest BCUT2D eigenvalue weighted by Crippen LogP contribution is -2.59. The minimum atomic E-state index is -1.30. The average molecular weight is 694 g/mol. The Morgan fingerprint density at radius 2 is 1.78 bits per heavy atom. The number of esters is 1. The molecule has 7 atom stereocenters. The molecule has 3 amide bonds. The van der Waals surface area contributed by atoms with Gasteiger partial charge in [0.2, 0.25) is 11.8 Å². The highest BCUT2D eigenvalue weighted by Crippen LogP contribution is 2.59. The van der Waals surface area contributed by atoms with E-state index in [-0.39, 0.29) is 43.8 Å². The fourth-order valence-corrected chi connectivity index (χ4v) is 8.20. The Hall–Kier alpha value is -4.80. The van der Waals surface area contributed by atoms with Crippen LogP contribution in [-0.2, 0) is 28.7 Å². The lowest BCUT2D eigenvalue weighted by Gasteiger charge is -2.40. The SMILES string of the molecule is C=CCCC(=O)NC[C@@H](OC(=O)[C@@H]1[C@H]2C(=O)N([C@@H](CO)C(C)C)[C@H](C(=O)N(CC=C)c3ccc4ccccc4c3)[C@]23CC[C@H]1O3)c1ccccc1. The molecular weight excluding hydrogens is 646 g/mol. The summed E-state index contributed by atoms with van der Waals surface area (Å²) < 4.78 is 12.9. The number of allylic oxidation sites excluding steroid dienone is 1. The van der Waals surface area contributed by atoms with E-state index in [0.717, 1.165) is 10.8 Å². The summed E-state index contributed by atoms with van der Waals surface area (Å²) in [5.74, 6) is -3.76. The van der Waals surface area contributed by atoms with Gasteiger partial charge in [0, 0.05) is 18.7 Å². The molecule has 6 rings (SSSR count). The van der Waals surface area contributed by atoms with E-state index in [4.69, 9.17) is 9.47 Å². The lowest BCUT2D eigenvalue weighted by molar-refractivity contribution is -0.161. The topological polar surface area (TPSA) is 125 Å². The van der Waals surface area contributed by atoms with Gasteiger partial charge in [-0.15, -0.1) is 13.2 Å². The van der Waals surface area contributed by atoms with Crippen LogP contribution in [0.3, 0.4) is 0 Å². The number of nitrogens with one attached hydrogen (secondary N) is 1. The van der Waals surface area contributed by atoms with E-state index in [1.54, 1.807) is 17.1 Å². The zero-order valence-corrected chi connectivity index (χ0v) is 29.3. The van der Waals surface area contributed by atoms with Gasteiger partial charge in [0.25, 0.3) is 5.91 Å². The Bertz CT molecular complexity index is 1790. The molecule has 3 fully saturated rings. The second-order valence-electron chi connectivity index (χ2n) is 14.0. The number of fused-ring (bicyclic) bond motifs is 2. The van der Waals surface area contributed by atoms with Gasteiger partial charge in [-0.3, -0.25) is 19.2 Å². The summed E-state index contributed by atoms with van der Waals surface area (Å²) in [6.45, 7) is 11.2. The largest absolute Gasteiger partial charge is 0.455 e. The number of amides is 3. The molecule has 10 nitrogen and oxygen atoms in total. The highest BCUT2D eigenvalue weighted by atomic mass is 16.6. The van der Waals surface area contributed by atoms with Gasteiger partial charge in [0.05, 0.1) is 37.1 Å². The minimum Gasteiger partial charge on any atom is -0.455 e. The molecule has 0 radical (unpaired) electrons. The van der Waals surface area contributed by atoms with Crippen molar-refractivity contribution in [2.45, 2.75) is 69.4 Å². The van der Waals surface area contributed by atoms with Gasteiger partial charge in [-0.05, 0) is 53.6 Å². The molecular formula is C41H47N3O7. The number of anilines is 1. The molecule has 3 aliphatic rings. The molecule has 3 heterocycles. The van der Waals surface area contributed by atoms with Crippen LogP contribution in [0.15, 0.2) is 98.1 Å². The first-order chi connectivity index (χ1) is 24.6. The Labute approximate surface area is 299 Å². The molecule has 51 heavy (non-hydrogen) atoms. The quantitative estimate of drug-likeness (QED) is 0.167. The summed E-state index contributed by atoms with van der Waals surface area (Å²) in [5.41, 5.74) is 0.0272.